The van der Waals surface area contributed by atoms with Gasteiger partial charge in [0.05, 0.1) is 10.9 Å². The van der Waals surface area contributed by atoms with Crippen LogP contribution in [0.25, 0.3) is 27.7 Å². The van der Waals surface area contributed by atoms with Gasteiger partial charge < -0.3 is 10.1 Å². The number of rotatable bonds is 5. The Hall–Kier alpha value is -2.93. The number of hydrogen-bond acceptors (Lipinski definition) is 5. The van der Waals surface area contributed by atoms with Crippen molar-refractivity contribution >= 4 is 16.6 Å². The summed E-state index contributed by atoms with van der Waals surface area (Å²) in [5.41, 5.74) is 6.41. The molecule has 2 aliphatic rings. The number of benzene rings is 1. The summed E-state index contributed by atoms with van der Waals surface area (Å²) in [6, 6.07) is 7.96. The third-order valence-electron chi connectivity index (χ3n) is 6.72. The quantitative estimate of drug-likeness (QED) is 0.506. The van der Waals surface area contributed by atoms with Gasteiger partial charge in [-0.1, -0.05) is 6.07 Å². The average Bonchev–Trinajstić information content (AvgIpc) is 3.28. The highest BCUT2D eigenvalue weighted by Gasteiger charge is 2.29. The summed E-state index contributed by atoms with van der Waals surface area (Å²) >= 11 is 0. The van der Waals surface area contributed by atoms with Crippen LogP contribution in [0.3, 0.4) is 0 Å². The Bertz CT molecular complexity index is 1250. The second kappa shape index (κ2) is 7.34. The fourth-order valence-electron chi connectivity index (χ4n) is 4.92. The molecule has 3 aromatic heterocycles. The van der Waals surface area contributed by atoms with E-state index in [0.717, 1.165) is 63.6 Å². The predicted octanol–water partition coefficient (Wildman–Crippen LogP) is 4.33. The van der Waals surface area contributed by atoms with Gasteiger partial charge in [0.2, 0.25) is 5.88 Å². The number of aryl methyl sites for hydroxylation is 2. The molecule has 2 fully saturated rings. The van der Waals surface area contributed by atoms with E-state index in [1.54, 1.807) is 6.33 Å². The van der Waals surface area contributed by atoms with E-state index in [-0.39, 0.29) is 6.10 Å². The number of ether oxygens (including phenoxy) is 1. The van der Waals surface area contributed by atoms with Crippen LogP contribution in [-0.4, -0.2) is 43.0 Å². The van der Waals surface area contributed by atoms with Crippen LogP contribution in [0.4, 0.5) is 0 Å². The molecule has 3 heterocycles. The maximum atomic E-state index is 6.38. The van der Waals surface area contributed by atoms with Gasteiger partial charge in [-0.15, -0.1) is 5.10 Å². The molecular formula is C24H28N6O. The summed E-state index contributed by atoms with van der Waals surface area (Å²) < 4.78 is 8.21. The van der Waals surface area contributed by atoms with Gasteiger partial charge in [0.25, 0.3) is 0 Å². The van der Waals surface area contributed by atoms with E-state index < -0.39 is 0 Å². The smallest absolute Gasteiger partial charge is 0.241 e. The van der Waals surface area contributed by atoms with Gasteiger partial charge in [0.15, 0.2) is 5.65 Å². The first-order chi connectivity index (χ1) is 15.1. The second-order valence-electron chi connectivity index (χ2n) is 9.22. The van der Waals surface area contributed by atoms with E-state index in [1.165, 1.54) is 25.7 Å². The molecule has 0 amide bonds. The van der Waals surface area contributed by atoms with Crippen molar-refractivity contribution in [3.05, 3.63) is 41.9 Å². The lowest BCUT2D eigenvalue weighted by atomic mass is 9.93. The first-order valence-corrected chi connectivity index (χ1v) is 11.4. The van der Waals surface area contributed by atoms with E-state index in [0.29, 0.717) is 6.04 Å². The average molecular weight is 417 g/mol. The maximum Gasteiger partial charge on any atom is 0.241 e. The lowest BCUT2D eigenvalue weighted by Crippen LogP contribution is -2.37. The molecule has 6 rings (SSSR count). The Kier molecular flexibility index (Phi) is 4.45. The Morgan fingerprint density at radius 2 is 1.71 bits per heavy atom. The fourth-order valence-corrected chi connectivity index (χ4v) is 4.92. The molecule has 2 saturated carbocycles. The number of H-pyrrole nitrogens is 1. The monoisotopic (exact) mass is 416 g/mol. The number of nitrogens with one attached hydrogen (secondary N) is 2. The minimum Gasteiger partial charge on any atom is -0.473 e. The van der Waals surface area contributed by atoms with Crippen molar-refractivity contribution in [1.82, 2.24) is 30.1 Å². The van der Waals surface area contributed by atoms with Crippen LogP contribution in [0.2, 0.25) is 0 Å². The van der Waals surface area contributed by atoms with E-state index in [1.807, 2.05) is 10.7 Å². The molecule has 0 spiro atoms. The molecule has 2 aliphatic carbocycles. The topological polar surface area (TPSA) is 80.1 Å². The first kappa shape index (κ1) is 18.8. The predicted molar refractivity (Wildman–Crippen MR) is 120 cm³/mol. The number of pyridine rings is 1. The third-order valence-corrected chi connectivity index (χ3v) is 6.72. The first-order valence-electron chi connectivity index (χ1n) is 11.4. The zero-order valence-corrected chi connectivity index (χ0v) is 18.1. The van der Waals surface area contributed by atoms with Crippen molar-refractivity contribution in [3.63, 3.8) is 0 Å². The zero-order chi connectivity index (χ0) is 20.9. The van der Waals surface area contributed by atoms with Crippen molar-refractivity contribution in [1.29, 1.82) is 0 Å². The normalized spacial score (nSPS) is 21.7. The van der Waals surface area contributed by atoms with Crippen LogP contribution < -0.4 is 10.1 Å². The molecule has 0 aliphatic heterocycles. The molecule has 4 aromatic rings. The van der Waals surface area contributed by atoms with E-state index in [4.69, 9.17) is 4.74 Å². The number of hydrogen-bond donors (Lipinski definition) is 2. The van der Waals surface area contributed by atoms with E-state index in [2.05, 4.69) is 57.6 Å². The lowest BCUT2D eigenvalue weighted by molar-refractivity contribution is 0.135. The van der Waals surface area contributed by atoms with Crippen molar-refractivity contribution < 1.29 is 4.74 Å². The summed E-state index contributed by atoms with van der Waals surface area (Å²) in [5, 5.41) is 16.9. The number of aromatic nitrogens is 5. The van der Waals surface area contributed by atoms with Crippen molar-refractivity contribution in [2.24, 2.45) is 0 Å². The Labute approximate surface area is 181 Å². The molecule has 160 valence electrons. The van der Waals surface area contributed by atoms with Gasteiger partial charge in [-0.05, 0) is 81.2 Å². The van der Waals surface area contributed by atoms with Gasteiger partial charge in [-0.2, -0.15) is 5.10 Å². The SMILES string of the molecule is Cc1cc(-c2cc(C)c3ncnn3c2)cc2[nH]nc(OC3CCC(NC4CC4)CC3)c12. The van der Waals surface area contributed by atoms with Crippen molar-refractivity contribution in [2.75, 3.05) is 0 Å². The highest BCUT2D eigenvalue weighted by Crippen LogP contribution is 2.34. The molecule has 1 aromatic carbocycles. The van der Waals surface area contributed by atoms with E-state index in [9.17, 15) is 0 Å². The number of nitrogens with zero attached hydrogens (tertiary/aromatic N) is 4. The van der Waals surface area contributed by atoms with Gasteiger partial charge in [-0.25, -0.2) is 9.50 Å². The molecule has 2 N–H and O–H groups in total. The van der Waals surface area contributed by atoms with Crippen molar-refractivity contribution in [2.45, 2.75) is 70.6 Å². The summed E-state index contributed by atoms with van der Waals surface area (Å²) in [4.78, 5) is 4.32. The van der Waals surface area contributed by atoms with Crippen LogP contribution in [0.15, 0.2) is 30.7 Å². The Morgan fingerprint density at radius 1 is 0.968 bits per heavy atom. The van der Waals surface area contributed by atoms with Crippen LogP contribution in [0.5, 0.6) is 5.88 Å². The molecule has 0 saturated heterocycles. The molecule has 0 bridgehead atoms. The van der Waals surface area contributed by atoms with Crippen LogP contribution in [-0.2, 0) is 0 Å². The molecule has 0 unspecified atom stereocenters. The van der Waals surface area contributed by atoms with Crippen molar-refractivity contribution in [3.8, 4) is 17.0 Å². The highest BCUT2D eigenvalue weighted by molar-refractivity contribution is 5.91. The van der Waals surface area contributed by atoms with Crippen LogP contribution in [0, 0.1) is 13.8 Å². The Balaban J connectivity index is 1.24. The van der Waals surface area contributed by atoms with Gasteiger partial charge in [0.1, 0.15) is 12.4 Å². The third kappa shape index (κ3) is 3.57. The van der Waals surface area contributed by atoms with Gasteiger partial charge >= 0.3 is 0 Å². The van der Waals surface area contributed by atoms with Crippen LogP contribution in [0.1, 0.15) is 49.7 Å². The minimum atomic E-state index is 0.250. The lowest BCUT2D eigenvalue weighted by Gasteiger charge is -2.29. The fraction of sp³-hybridized carbons (Fsp3) is 0.458. The summed E-state index contributed by atoms with van der Waals surface area (Å²) in [7, 11) is 0. The van der Waals surface area contributed by atoms with Crippen LogP contribution >= 0.6 is 0 Å². The highest BCUT2D eigenvalue weighted by atomic mass is 16.5. The molecule has 7 heteroatoms. The largest absolute Gasteiger partial charge is 0.473 e. The maximum absolute atomic E-state index is 6.38. The zero-order valence-electron chi connectivity index (χ0n) is 18.1. The Morgan fingerprint density at radius 3 is 2.48 bits per heavy atom. The molecule has 0 atom stereocenters. The number of aromatic amines is 1. The summed E-state index contributed by atoms with van der Waals surface area (Å²) in [6.07, 6.45) is 11.1. The van der Waals surface area contributed by atoms with Gasteiger partial charge in [0, 0.05) is 23.8 Å². The number of fused-ring (bicyclic) bond motifs is 2. The van der Waals surface area contributed by atoms with E-state index >= 15 is 0 Å². The molecule has 31 heavy (non-hydrogen) atoms. The standard InChI is InChI=1S/C24H28N6O/c1-14-9-16(17-10-15(2)23-25-13-26-30(23)12-17)11-21-22(14)24(29-28-21)31-20-7-5-19(6-8-20)27-18-3-4-18/h9-13,18-20,27H,3-8H2,1-2H3,(H,28,29). The summed E-state index contributed by atoms with van der Waals surface area (Å²) in [6.45, 7) is 4.20. The molecular weight excluding hydrogens is 388 g/mol. The van der Waals surface area contributed by atoms with Gasteiger partial charge in [-0.3, -0.25) is 5.10 Å². The molecule has 0 radical (unpaired) electrons. The minimum absolute atomic E-state index is 0.250. The summed E-state index contributed by atoms with van der Waals surface area (Å²) in [5.74, 6) is 0.737. The molecule has 7 nitrogen and oxygen atoms in total. The second-order valence-corrected chi connectivity index (χ2v) is 9.22.